The third kappa shape index (κ3) is 16.0. The quantitative estimate of drug-likeness (QED) is 0.0323. The maximum Gasteiger partial charge on any atom is 0.320 e. The van der Waals surface area contributed by atoms with Gasteiger partial charge in [0.15, 0.2) is 0 Å². The van der Waals surface area contributed by atoms with Crippen molar-refractivity contribution in [3.8, 4) is 34.1 Å². The number of methoxy groups -OCH3 is 2. The largest absolute Gasteiger partial charge is 0.488 e. The van der Waals surface area contributed by atoms with Crippen molar-refractivity contribution in [3.05, 3.63) is 163 Å². The molecular weight excluding hydrogens is 988 g/mol. The summed E-state index contributed by atoms with van der Waals surface area (Å²) in [5, 5.41) is 26.5. The molecular formula is C56H62Cl2N6O10. The summed E-state index contributed by atoms with van der Waals surface area (Å²) in [5.41, 5.74) is 10.4. The number of rotatable bonds is 29. The lowest BCUT2D eigenvalue weighted by atomic mass is 9.92. The predicted molar refractivity (Wildman–Crippen MR) is 287 cm³/mol. The number of hydrogen-bond acceptors (Lipinski definition) is 14. The summed E-state index contributed by atoms with van der Waals surface area (Å²) >= 11 is 13.8. The van der Waals surface area contributed by atoms with Crippen molar-refractivity contribution >= 4 is 47.6 Å². The molecule has 2 unspecified atom stereocenters. The standard InChI is InChI=1S/C56H62Cl2N6O10/c1-35-41(33-73-53-21-51(71-31-39-17-37(23-59-3)25-61-27-39)43(19-47(53)57)29-63-49(55(65)66)13-15-69-5)9-7-11-45(35)46-12-8-10-42(36(46)2)34-74-54-22-52(72-32-40-18-38(24-60-4)26-62-28-40)44(20-48(54)58)30-64-50(56(67)68)14-16-70-6/h7-12,17-28,49-50,63-64H,13-16,29-34H2,1-6H3,(H,65,66)(H,67,68)/b59-23+,60-24+. The Bertz CT molecular complexity index is 2720. The minimum atomic E-state index is -0.995. The number of hydrogen-bond donors (Lipinski definition) is 4. The zero-order chi connectivity index (χ0) is 53.0. The molecule has 4 aromatic carbocycles. The van der Waals surface area contributed by atoms with Gasteiger partial charge in [-0.2, -0.15) is 0 Å². The van der Waals surface area contributed by atoms with Crippen LogP contribution in [-0.2, 0) is 58.6 Å². The Kier molecular flexibility index (Phi) is 21.7. The van der Waals surface area contributed by atoms with Gasteiger partial charge in [0, 0.05) is 137 Å². The summed E-state index contributed by atoms with van der Waals surface area (Å²) in [6.45, 7) is 5.67. The Balaban J connectivity index is 1.21. The highest BCUT2D eigenvalue weighted by Gasteiger charge is 2.22. The van der Waals surface area contributed by atoms with Gasteiger partial charge in [-0.25, -0.2) is 0 Å². The maximum absolute atomic E-state index is 12.0. The van der Waals surface area contributed by atoms with E-state index in [1.807, 2.05) is 50.2 Å². The fourth-order valence-corrected chi connectivity index (χ4v) is 8.47. The van der Waals surface area contributed by atoms with E-state index in [1.54, 1.807) is 75.6 Å². The van der Waals surface area contributed by atoms with Gasteiger partial charge in [0.1, 0.15) is 61.5 Å². The van der Waals surface area contributed by atoms with E-state index >= 15 is 0 Å². The molecule has 16 nitrogen and oxygen atoms in total. The average Bonchev–Trinajstić information content (AvgIpc) is 3.38. The number of nitrogens with zero attached hydrogens (tertiary/aromatic N) is 4. The number of carboxylic acids is 2. The number of aromatic nitrogens is 2. The van der Waals surface area contributed by atoms with Crippen LogP contribution in [0.1, 0.15) is 68.5 Å². The molecule has 0 saturated carbocycles. The molecule has 390 valence electrons. The van der Waals surface area contributed by atoms with E-state index in [4.69, 9.17) is 51.6 Å². The first-order chi connectivity index (χ1) is 35.8. The number of benzene rings is 4. The van der Waals surface area contributed by atoms with Gasteiger partial charge in [-0.15, -0.1) is 0 Å². The Labute approximate surface area is 441 Å². The smallest absolute Gasteiger partial charge is 0.320 e. The van der Waals surface area contributed by atoms with Crippen LogP contribution in [-0.4, -0.2) is 98.2 Å². The number of carboxylic acid groups (broad SMARTS) is 2. The van der Waals surface area contributed by atoms with Gasteiger partial charge in [-0.05, 0) is 84.3 Å². The van der Waals surface area contributed by atoms with Crippen LogP contribution in [0, 0.1) is 13.8 Å². The zero-order valence-electron chi connectivity index (χ0n) is 42.3. The van der Waals surface area contributed by atoms with Gasteiger partial charge >= 0.3 is 11.9 Å². The second kappa shape index (κ2) is 28.5. The molecule has 18 heteroatoms. The van der Waals surface area contributed by atoms with Crippen molar-refractivity contribution in [3.63, 3.8) is 0 Å². The number of halogens is 2. The van der Waals surface area contributed by atoms with Crippen LogP contribution in [0.4, 0.5) is 0 Å². The van der Waals surface area contributed by atoms with Crippen molar-refractivity contribution in [1.29, 1.82) is 0 Å². The molecule has 0 bridgehead atoms. The van der Waals surface area contributed by atoms with Gasteiger partial charge < -0.3 is 49.3 Å². The van der Waals surface area contributed by atoms with Crippen molar-refractivity contribution in [2.45, 2.75) is 78.3 Å². The molecule has 0 spiro atoms. The van der Waals surface area contributed by atoms with Gasteiger partial charge in [-0.1, -0.05) is 59.6 Å². The van der Waals surface area contributed by atoms with Crippen molar-refractivity contribution in [2.75, 3.05) is 41.5 Å². The fourth-order valence-electron chi connectivity index (χ4n) is 7.99. The Hall–Kier alpha value is -6.92. The van der Waals surface area contributed by atoms with Crippen molar-refractivity contribution in [1.82, 2.24) is 20.6 Å². The summed E-state index contributed by atoms with van der Waals surface area (Å²) in [6.07, 6.45) is 10.8. The first-order valence-electron chi connectivity index (χ1n) is 23.8. The second-order valence-corrected chi connectivity index (χ2v) is 18.1. The summed E-state index contributed by atoms with van der Waals surface area (Å²) in [7, 11) is 6.43. The maximum atomic E-state index is 12.0. The average molecular weight is 1050 g/mol. The molecule has 6 aromatic rings. The molecule has 2 aromatic heterocycles. The summed E-state index contributed by atoms with van der Waals surface area (Å²) in [6, 6.07) is 21.2. The third-order valence-corrected chi connectivity index (χ3v) is 12.6. The zero-order valence-corrected chi connectivity index (χ0v) is 43.8. The number of nitrogens with one attached hydrogen (secondary N) is 2. The lowest BCUT2D eigenvalue weighted by molar-refractivity contribution is -0.141. The predicted octanol–water partition coefficient (Wildman–Crippen LogP) is 9.64. The minimum absolute atomic E-state index is 0.157. The van der Waals surface area contributed by atoms with Crippen LogP contribution < -0.4 is 29.6 Å². The van der Waals surface area contributed by atoms with Crippen LogP contribution >= 0.6 is 23.2 Å². The van der Waals surface area contributed by atoms with E-state index in [2.05, 4.69) is 42.7 Å². The topological polar surface area (TPSA) is 205 Å². The molecule has 0 aliphatic carbocycles. The fraction of sp³-hybridized carbons (Fsp3) is 0.321. The van der Waals surface area contributed by atoms with E-state index in [0.717, 1.165) is 55.6 Å². The normalized spacial score (nSPS) is 12.3. The van der Waals surface area contributed by atoms with E-state index in [-0.39, 0.29) is 65.6 Å². The number of aliphatic carboxylic acids is 2. The summed E-state index contributed by atoms with van der Waals surface area (Å²) < 4.78 is 35.8. The monoisotopic (exact) mass is 1050 g/mol. The lowest BCUT2D eigenvalue weighted by Gasteiger charge is -2.20. The Morgan fingerprint density at radius 2 is 0.986 bits per heavy atom. The molecule has 0 saturated heterocycles. The van der Waals surface area contributed by atoms with Crippen LogP contribution in [0.5, 0.6) is 23.0 Å². The van der Waals surface area contributed by atoms with Crippen LogP contribution in [0.3, 0.4) is 0 Å². The van der Waals surface area contributed by atoms with Crippen LogP contribution in [0.25, 0.3) is 11.1 Å². The lowest BCUT2D eigenvalue weighted by Crippen LogP contribution is -2.37. The van der Waals surface area contributed by atoms with E-state index in [9.17, 15) is 19.8 Å². The Morgan fingerprint density at radius 1 is 0.581 bits per heavy atom. The summed E-state index contributed by atoms with van der Waals surface area (Å²) in [5.74, 6) is -0.286. The SMILES string of the molecule is C/N=C/c1cncc(COc2cc(OCc3cccc(-c4cccc(COc5cc(OCc6cncc(/C=N/C)c6)c(CNC(CCOC)C(=O)O)cc5Cl)c4C)c3C)c(Cl)cc2CNC(CCOC)C(=O)O)c1. The molecule has 6 rings (SSSR count). The van der Waals surface area contributed by atoms with Gasteiger partial charge in [-0.3, -0.25) is 29.5 Å². The van der Waals surface area contributed by atoms with Crippen molar-refractivity contribution in [2.24, 2.45) is 9.98 Å². The molecule has 0 fully saturated rings. The molecule has 2 atom stereocenters. The van der Waals surface area contributed by atoms with E-state index in [1.165, 1.54) is 14.2 Å². The number of carbonyl (C=O) groups is 2. The minimum Gasteiger partial charge on any atom is -0.488 e. The molecule has 2 heterocycles. The van der Waals surface area contributed by atoms with Gasteiger partial charge in [0.25, 0.3) is 0 Å². The van der Waals surface area contributed by atoms with Gasteiger partial charge in [0.05, 0.1) is 10.0 Å². The second-order valence-electron chi connectivity index (χ2n) is 17.2. The molecule has 74 heavy (non-hydrogen) atoms. The highest BCUT2D eigenvalue weighted by molar-refractivity contribution is 6.32. The highest BCUT2D eigenvalue weighted by atomic mass is 35.5. The molecule has 0 amide bonds. The third-order valence-electron chi connectivity index (χ3n) is 12.1. The van der Waals surface area contributed by atoms with Gasteiger partial charge in [0.2, 0.25) is 0 Å². The van der Waals surface area contributed by atoms with Crippen LogP contribution in [0.2, 0.25) is 10.0 Å². The molecule has 0 aliphatic heterocycles. The van der Waals surface area contributed by atoms with E-state index in [0.29, 0.717) is 44.2 Å². The molecule has 0 aliphatic rings. The first kappa shape index (κ1) is 56.4. The summed E-state index contributed by atoms with van der Waals surface area (Å²) in [4.78, 5) is 40.9. The van der Waals surface area contributed by atoms with E-state index < -0.39 is 24.0 Å². The van der Waals surface area contributed by atoms with Crippen molar-refractivity contribution < 1.29 is 48.2 Å². The molecule has 0 radical (unpaired) electrons. The highest BCUT2D eigenvalue weighted by Crippen LogP contribution is 2.37. The Morgan fingerprint density at radius 3 is 1.36 bits per heavy atom. The number of aliphatic imine (C=N–C) groups is 2. The first-order valence-corrected chi connectivity index (χ1v) is 24.5. The number of pyridine rings is 2. The van der Waals surface area contributed by atoms with Crippen LogP contribution in [0.15, 0.2) is 108 Å². The molecule has 4 N–H and O–H groups in total. The number of ether oxygens (including phenoxy) is 6.